The van der Waals surface area contributed by atoms with Crippen molar-refractivity contribution in [3.8, 4) is 0 Å². The quantitative estimate of drug-likeness (QED) is 0.879. The first kappa shape index (κ1) is 12.6. The zero-order valence-electron chi connectivity index (χ0n) is 11.4. The summed E-state index contributed by atoms with van der Waals surface area (Å²) in [6.45, 7) is 5.95. The minimum Gasteiger partial charge on any atom is -0.309 e. The van der Waals surface area contributed by atoms with E-state index in [0.29, 0.717) is 11.5 Å². The minimum atomic E-state index is 0.566. The third-order valence-corrected chi connectivity index (χ3v) is 5.87. The highest BCUT2D eigenvalue weighted by Gasteiger charge is 2.45. The van der Waals surface area contributed by atoms with Crippen LogP contribution < -0.4 is 5.32 Å². The second-order valence-corrected chi connectivity index (χ2v) is 7.19. The number of hydrogen-bond acceptors (Lipinski definition) is 2. The first-order valence-electron chi connectivity index (χ1n) is 7.10. The number of hydrogen-bond donors (Lipinski definition) is 1. The van der Waals surface area contributed by atoms with E-state index in [1.165, 1.54) is 42.0 Å². The molecule has 2 aliphatic rings. The summed E-state index contributed by atoms with van der Waals surface area (Å²) in [4.78, 5) is 0. The van der Waals surface area contributed by atoms with Crippen LogP contribution in [0.5, 0.6) is 0 Å². The van der Waals surface area contributed by atoms with Crippen molar-refractivity contribution in [2.24, 2.45) is 11.3 Å². The molecule has 1 aromatic rings. The summed E-state index contributed by atoms with van der Waals surface area (Å²) in [7, 11) is 0. The lowest BCUT2D eigenvalue weighted by Crippen LogP contribution is -2.33. The molecule has 1 heterocycles. The number of rotatable bonds is 4. The smallest absolute Gasteiger partial charge is 0.0415 e. The van der Waals surface area contributed by atoms with E-state index in [4.69, 9.17) is 0 Å². The van der Waals surface area contributed by atoms with Gasteiger partial charge in [0.2, 0.25) is 0 Å². The average molecular weight is 261 g/mol. The predicted molar refractivity (Wildman–Crippen MR) is 79.9 cm³/mol. The maximum Gasteiger partial charge on any atom is 0.0415 e. The largest absolute Gasteiger partial charge is 0.309 e. The van der Waals surface area contributed by atoms with Gasteiger partial charge in [-0.3, -0.25) is 0 Å². The Labute approximate surface area is 115 Å². The maximum absolute atomic E-state index is 3.84. The fourth-order valence-corrected chi connectivity index (χ4v) is 4.13. The standard InChI is InChI=1S/C16H23NS/c1-12(2)16(7-8-16)11-17-15-10-18-9-13-5-3-4-6-14(13)15/h3-6,12,15,17H,7-11H2,1-2H3. The van der Waals surface area contributed by atoms with Gasteiger partial charge in [-0.1, -0.05) is 38.1 Å². The molecular formula is C16H23NS. The molecule has 0 bridgehead atoms. The fraction of sp³-hybridized carbons (Fsp3) is 0.625. The maximum atomic E-state index is 3.84. The third-order valence-electron chi connectivity index (χ3n) is 4.79. The van der Waals surface area contributed by atoms with Gasteiger partial charge in [0.25, 0.3) is 0 Å². The molecule has 0 spiro atoms. The highest BCUT2D eigenvalue weighted by atomic mass is 32.2. The monoisotopic (exact) mass is 261 g/mol. The first-order chi connectivity index (χ1) is 8.71. The van der Waals surface area contributed by atoms with Crippen LogP contribution in [0, 0.1) is 11.3 Å². The van der Waals surface area contributed by atoms with E-state index >= 15 is 0 Å². The zero-order chi connectivity index (χ0) is 12.6. The number of thioether (sulfide) groups is 1. The Morgan fingerprint density at radius 3 is 2.83 bits per heavy atom. The van der Waals surface area contributed by atoms with Crippen LogP contribution in [0.15, 0.2) is 24.3 Å². The van der Waals surface area contributed by atoms with Crippen LogP contribution in [0.1, 0.15) is 43.9 Å². The molecule has 3 rings (SSSR count). The number of nitrogens with one attached hydrogen (secondary N) is 1. The Hall–Kier alpha value is -0.470. The summed E-state index contributed by atoms with van der Waals surface area (Å²) in [6, 6.07) is 9.50. The van der Waals surface area contributed by atoms with Crippen molar-refractivity contribution in [2.75, 3.05) is 12.3 Å². The lowest BCUT2D eigenvalue weighted by Gasteiger charge is -2.29. The average Bonchev–Trinajstić information content (AvgIpc) is 3.17. The predicted octanol–water partition coefficient (Wildman–Crippen LogP) is 4.00. The Morgan fingerprint density at radius 2 is 2.11 bits per heavy atom. The van der Waals surface area contributed by atoms with Crippen molar-refractivity contribution >= 4 is 11.8 Å². The highest BCUT2D eigenvalue weighted by Crippen LogP contribution is 2.51. The van der Waals surface area contributed by atoms with Gasteiger partial charge >= 0.3 is 0 Å². The summed E-state index contributed by atoms with van der Waals surface area (Å²) in [5.41, 5.74) is 3.67. The molecule has 1 fully saturated rings. The fourth-order valence-electron chi connectivity index (χ4n) is 3.00. The topological polar surface area (TPSA) is 12.0 Å². The Kier molecular flexibility index (Phi) is 3.42. The van der Waals surface area contributed by atoms with Gasteiger partial charge in [-0.2, -0.15) is 11.8 Å². The van der Waals surface area contributed by atoms with Crippen LogP contribution in [-0.2, 0) is 5.75 Å². The SMILES string of the molecule is CC(C)C1(CNC2CSCc3ccccc32)CC1. The Balaban J connectivity index is 1.68. The molecule has 1 aliphatic carbocycles. The van der Waals surface area contributed by atoms with Gasteiger partial charge in [-0.05, 0) is 35.3 Å². The van der Waals surface area contributed by atoms with Crippen molar-refractivity contribution in [3.05, 3.63) is 35.4 Å². The molecule has 1 unspecified atom stereocenters. The van der Waals surface area contributed by atoms with Crippen LogP contribution in [-0.4, -0.2) is 12.3 Å². The van der Waals surface area contributed by atoms with E-state index in [0.717, 1.165) is 5.92 Å². The van der Waals surface area contributed by atoms with Crippen molar-refractivity contribution in [3.63, 3.8) is 0 Å². The van der Waals surface area contributed by atoms with E-state index in [2.05, 4.69) is 55.2 Å². The van der Waals surface area contributed by atoms with Gasteiger partial charge in [-0.15, -0.1) is 0 Å². The molecule has 0 aromatic heterocycles. The highest BCUT2D eigenvalue weighted by molar-refractivity contribution is 7.98. The van der Waals surface area contributed by atoms with Crippen molar-refractivity contribution < 1.29 is 0 Å². The molecule has 1 aromatic carbocycles. The van der Waals surface area contributed by atoms with Gasteiger partial charge in [0.1, 0.15) is 0 Å². The van der Waals surface area contributed by atoms with E-state index in [1.807, 2.05) is 0 Å². The molecule has 0 amide bonds. The molecule has 1 aliphatic heterocycles. The Bertz CT molecular complexity index is 423. The summed E-state index contributed by atoms with van der Waals surface area (Å²) in [5, 5.41) is 3.84. The minimum absolute atomic E-state index is 0.566. The number of benzene rings is 1. The second kappa shape index (κ2) is 4.90. The molecule has 1 nitrogen and oxygen atoms in total. The summed E-state index contributed by atoms with van der Waals surface area (Å²) in [6.07, 6.45) is 2.83. The molecule has 1 saturated carbocycles. The zero-order valence-corrected chi connectivity index (χ0v) is 12.2. The lowest BCUT2D eigenvalue weighted by molar-refractivity contribution is 0.325. The van der Waals surface area contributed by atoms with Crippen molar-refractivity contribution in [1.82, 2.24) is 5.32 Å². The van der Waals surface area contributed by atoms with E-state index < -0.39 is 0 Å². The van der Waals surface area contributed by atoms with Crippen LogP contribution in [0.3, 0.4) is 0 Å². The molecule has 1 atom stereocenters. The molecule has 0 saturated heterocycles. The van der Waals surface area contributed by atoms with E-state index in [-0.39, 0.29) is 0 Å². The van der Waals surface area contributed by atoms with E-state index in [1.54, 1.807) is 0 Å². The first-order valence-corrected chi connectivity index (χ1v) is 8.26. The van der Waals surface area contributed by atoms with Gasteiger partial charge in [-0.25, -0.2) is 0 Å². The van der Waals surface area contributed by atoms with E-state index in [9.17, 15) is 0 Å². The van der Waals surface area contributed by atoms with Crippen molar-refractivity contribution in [2.45, 2.75) is 38.5 Å². The van der Waals surface area contributed by atoms with Gasteiger partial charge in [0, 0.05) is 24.1 Å². The van der Waals surface area contributed by atoms with Crippen LogP contribution in [0.4, 0.5) is 0 Å². The molecular weight excluding hydrogens is 238 g/mol. The third kappa shape index (κ3) is 2.33. The van der Waals surface area contributed by atoms with Crippen LogP contribution in [0.2, 0.25) is 0 Å². The van der Waals surface area contributed by atoms with Gasteiger partial charge in [0.05, 0.1) is 0 Å². The Morgan fingerprint density at radius 1 is 1.33 bits per heavy atom. The van der Waals surface area contributed by atoms with Crippen LogP contribution in [0.25, 0.3) is 0 Å². The molecule has 2 heteroatoms. The van der Waals surface area contributed by atoms with Gasteiger partial charge in [0.15, 0.2) is 0 Å². The normalized spacial score (nSPS) is 24.9. The van der Waals surface area contributed by atoms with Gasteiger partial charge < -0.3 is 5.32 Å². The molecule has 18 heavy (non-hydrogen) atoms. The summed E-state index contributed by atoms with van der Waals surface area (Å²) >= 11 is 2.06. The second-order valence-electron chi connectivity index (χ2n) is 6.16. The number of fused-ring (bicyclic) bond motifs is 1. The summed E-state index contributed by atoms with van der Waals surface area (Å²) < 4.78 is 0. The lowest BCUT2D eigenvalue weighted by atomic mass is 9.91. The molecule has 98 valence electrons. The summed E-state index contributed by atoms with van der Waals surface area (Å²) in [5.74, 6) is 3.23. The van der Waals surface area contributed by atoms with Crippen LogP contribution >= 0.6 is 11.8 Å². The van der Waals surface area contributed by atoms with Crippen molar-refractivity contribution in [1.29, 1.82) is 0 Å². The molecule has 1 N–H and O–H groups in total. The molecule has 0 radical (unpaired) electrons.